The van der Waals surface area contributed by atoms with Crippen LogP contribution in [0.25, 0.3) is 0 Å². The average molecular weight is 284 g/mol. The number of aryl methyl sites for hydroxylation is 1. The van der Waals surface area contributed by atoms with Crippen molar-refractivity contribution in [2.45, 2.75) is 44.9 Å². The van der Waals surface area contributed by atoms with Crippen LogP contribution in [0.5, 0.6) is 0 Å². The fourth-order valence-electron chi connectivity index (χ4n) is 1.95. The highest BCUT2D eigenvalue weighted by molar-refractivity contribution is 7.09. The van der Waals surface area contributed by atoms with Crippen LogP contribution in [0.3, 0.4) is 0 Å². The van der Waals surface area contributed by atoms with E-state index in [1.807, 2.05) is 19.2 Å². The summed E-state index contributed by atoms with van der Waals surface area (Å²) in [6, 6.07) is -0.196. The molecule has 2 rings (SSSR count). The zero-order valence-corrected chi connectivity index (χ0v) is 11.6. The number of hydrogen-bond acceptors (Lipinski definition) is 5. The summed E-state index contributed by atoms with van der Waals surface area (Å²) in [4.78, 5) is 27.0. The van der Waals surface area contributed by atoms with E-state index in [2.05, 4.69) is 10.3 Å². The summed E-state index contributed by atoms with van der Waals surface area (Å²) < 4.78 is 5.20. The molecule has 1 aliphatic rings. The van der Waals surface area contributed by atoms with Crippen molar-refractivity contribution in [2.24, 2.45) is 0 Å². The molecule has 6 nitrogen and oxygen atoms in total. The van der Waals surface area contributed by atoms with E-state index in [0.717, 1.165) is 10.7 Å². The molecule has 0 aliphatic carbocycles. The fraction of sp³-hybridized carbons (Fsp3) is 0.583. The monoisotopic (exact) mass is 284 g/mol. The summed E-state index contributed by atoms with van der Waals surface area (Å²) in [5.74, 6) is -1.29. The number of thiazole rings is 1. The van der Waals surface area contributed by atoms with Crippen LogP contribution in [0, 0.1) is 6.92 Å². The third kappa shape index (κ3) is 3.30. The lowest BCUT2D eigenvalue weighted by molar-refractivity contribution is -0.151. The topological polar surface area (TPSA) is 88.5 Å². The lowest BCUT2D eigenvalue weighted by Crippen LogP contribution is -2.37. The lowest BCUT2D eigenvalue weighted by Gasteiger charge is -2.15. The smallest absolute Gasteiger partial charge is 0.332 e. The van der Waals surface area contributed by atoms with Crippen LogP contribution in [-0.2, 0) is 14.3 Å². The van der Waals surface area contributed by atoms with Gasteiger partial charge in [-0.05, 0) is 26.7 Å². The number of amides is 1. The van der Waals surface area contributed by atoms with Gasteiger partial charge in [0.05, 0.1) is 6.04 Å². The molecule has 1 aromatic heterocycles. The molecule has 2 N–H and O–H groups in total. The molecule has 1 aliphatic heterocycles. The molecule has 1 aromatic rings. The Hall–Kier alpha value is -1.47. The normalized spacial score (nSPS) is 24.1. The van der Waals surface area contributed by atoms with Gasteiger partial charge >= 0.3 is 5.97 Å². The van der Waals surface area contributed by atoms with Crippen molar-refractivity contribution in [1.29, 1.82) is 0 Å². The zero-order chi connectivity index (χ0) is 14.0. The van der Waals surface area contributed by atoms with Gasteiger partial charge < -0.3 is 15.2 Å². The van der Waals surface area contributed by atoms with Gasteiger partial charge in [-0.15, -0.1) is 11.3 Å². The minimum atomic E-state index is -1.01. The molecular weight excluding hydrogens is 268 g/mol. The minimum Gasteiger partial charge on any atom is -0.479 e. The van der Waals surface area contributed by atoms with Crippen LogP contribution in [-0.4, -0.2) is 34.2 Å². The van der Waals surface area contributed by atoms with Gasteiger partial charge in [-0.25, -0.2) is 9.78 Å². The largest absolute Gasteiger partial charge is 0.479 e. The summed E-state index contributed by atoms with van der Waals surface area (Å²) in [7, 11) is 0. The first-order chi connectivity index (χ1) is 8.97. The van der Waals surface area contributed by atoms with E-state index in [4.69, 9.17) is 9.84 Å². The predicted molar refractivity (Wildman–Crippen MR) is 68.9 cm³/mol. The van der Waals surface area contributed by atoms with Crippen LogP contribution in [0.2, 0.25) is 0 Å². The van der Waals surface area contributed by atoms with Crippen LogP contribution < -0.4 is 5.32 Å². The third-order valence-electron chi connectivity index (χ3n) is 2.95. The highest BCUT2D eigenvalue weighted by Crippen LogP contribution is 2.22. The molecule has 19 heavy (non-hydrogen) atoms. The van der Waals surface area contributed by atoms with Gasteiger partial charge in [0.2, 0.25) is 5.91 Å². The van der Waals surface area contributed by atoms with Crippen LogP contribution >= 0.6 is 11.3 Å². The quantitative estimate of drug-likeness (QED) is 0.869. The lowest BCUT2D eigenvalue weighted by atomic mass is 10.2. The van der Waals surface area contributed by atoms with E-state index in [-0.39, 0.29) is 11.9 Å². The van der Waals surface area contributed by atoms with Gasteiger partial charge in [-0.2, -0.15) is 0 Å². The van der Waals surface area contributed by atoms with Crippen LogP contribution in [0.4, 0.5) is 0 Å². The number of nitrogens with zero attached hydrogens (tertiary/aromatic N) is 1. The highest BCUT2D eigenvalue weighted by Gasteiger charge is 2.35. The van der Waals surface area contributed by atoms with E-state index in [9.17, 15) is 9.59 Å². The van der Waals surface area contributed by atoms with E-state index >= 15 is 0 Å². The molecule has 0 bridgehead atoms. The van der Waals surface area contributed by atoms with E-state index < -0.39 is 18.2 Å². The SMILES string of the molecule is Cc1csc(C(C)NC(=O)[C@@H]2CC[C@H](C(=O)O)O2)n1. The molecular formula is C12H16N2O4S. The minimum absolute atomic E-state index is 0.196. The summed E-state index contributed by atoms with van der Waals surface area (Å²) in [5.41, 5.74) is 0.921. The maximum absolute atomic E-state index is 12.0. The molecule has 0 saturated carbocycles. The van der Waals surface area contributed by atoms with Crippen molar-refractivity contribution < 1.29 is 19.4 Å². The van der Waals surface area contributed by atoms with Crippen LogP contribution in [0.15, 0.2) is 5.38 Å². The van der Waals surface area contributed by atoms with E-state index in [0.29, 0.717) is 12.8 Å². The molecule has 1 unspecified atom stereocenters. The Morgan fingerprint density at radius 1 is 1.53 bits per heavy atom. The summed E-state index contributed by atoms with van der Waals surface area (Å²) >= 11 is 1.49. The van der Waals surface area contributed by atoms with Crippen molar-refractivity contribution in [3.63, 3.8) is 0 Å². The third-order valence-corrected chi connectivity index (χ3v) is 4.10. The number of carboxylic acids is 1. The fourth-order valence-corrected chi connectivity index (χ4v) is 2.75. The zero-order valence-electron chi connectivity index (χ0n) is 10.8. The predicted octanol–water partition coefficient (Wildman–Crippen LogP) is 1.26. The standard InChI is InChI=1S/C12H16N2O4S/c1-6-5-19-11(13-6)7(2)14-10(15)8-3-4-9(18-8)12(16)17/h5,7-9H,3-4H2,1-2H3,(H,14,15)(H,16,17)/t7?,8-,9+/m0/s1. The molecule has 1 fully saturated rings. The molecule has 2 heterocycles. The molecule has 1 amide bonds. The Bertz CT molecular complexity index is 488. The second kappa shape index (κ2) is 5.66. The maximum Gasteiger partial charge on any atom is 0.332 e. The number of nitrogens with one attached hydrogen (secondary N) is 1. The van der Waals surface area contributed by atoms with Crippen molar-refractivity contribution in [3.05, 3.63) is 16.1 Å². The number of rotatable bonds is 4. The molecule has 3 atom stereocenters. The number of ether oxygens (including phenoxy) is 1. The number of aliphatic carboxylic acids is 1. The van der Waals surface area contributed by atoms with Crippen molar-refractivity contribution >= 4 is 23.2 Å². The van der Waals surface area contributed by atoms with Crippen molar-refractivity contribution in [2.75, 3.05) is 0 Å². The second-order valence-corrected chi connectivity index (χ2v) is 5.48. The Labute approximate surface area is 114 Å². The van der Waals surface area contributed by atoms with Crippen LogP contribution in [0.1, 0.15) is 36.5 Å². The van der Waals surface area contributed by atoms with Gasteiger partial charge in [0.1, 0.15) is 11.1 Å². The van der Waals surface area contributed by atoms with Crippen molar-refractivity contribution in [1.82, 2.24) is 10.3 Å². The molecule has 0 aromatic carbocycles. The average Bonchev–Trinajstić information content (AvgIpc) is 2.96. The second-order valence-electron chi connectivity index (χ2n) is 4.59. The number of hydrogen-bond donors (Lipinski definition) is 2. The highest BCUT2D eigenvalue weighted by atomic mass is 32.1. The summed E-state index contributed by atoms with van der Waals surface area (Å²) in [5, 5.41) is 14.4. The van der Waals surface area contributed by atoms with E-state index in [1.165, 1.54) is 11.3 Å². The maximum atomic E-state index is 12.0. The number of aromatic nitrogens is 1. The summed E-state index contributed by atoms with van der Waals surface area (Å²) in [6.45, 7) is 3.74. The molecule has 7 heteroatoms. The number of carboxylic acid groups (broad SMARTS) is 1. The number of carbonyl (C=O) groups is 2. The molecule has 0 radical (unpaired) electrons. The van der Waals surface area contributed by atoms with Gasteiger partial charge in [-0.3, -0.25) is 4.79 Å². The van der Waals surface area contributed by atoms with Gasteiger partial charge in [0.25, 0.3) is 0 Å². The van der Waals surface area contributed by atoms with Crippen molar-refractivity contribution in [3.8, 4) is 0 Å². The van der Waals surface area contributed by atoms with E-state index in [1.54, 1.807) is 0 Å². The molecule has 0 spiro atoms. The van der Waals surface area contributed by atoms with Gasteiger partial charge in [-0.1, -0.05) is 0 Å². The Kier molecular flexibility index (Phi) is 4.16. The van der Waals surface area contributed by atoms with Gasteiger partial charge in [0, 0.05) is 11.1 Å². The Balaban J connectivity index is 1.89. The first-order valence-electron chi connectivity index (χ1n) is 6.08. The molecule has 1 saturated heterocycles. The number of carbonyl (C=O) groups excluding carboxylic acids is 1. The first-order valence-corrected chi connectivity index (χ1v) is 6.96. The first kappa shape index (κ1) is 14.0. The summed E-state index contributed by atoms with van der Waals surface area (Å²) in [6.07, 6.45) is -0.734. The molecule has 104 valence electrons. The Morgan fingerprint density at radius 2 is 2.21 bits per heavy atom. The van der Waals surface area contributed by atoms with Gasteiger partial charge in [0.15, 0.2) is 6.10 Å². The Morgan fingerprint density at radius 3 is 2.74 bits per heavy atom.